The first-order valence-corrected chi connectivity index (χ1v) is 12.4. The maximum Gasteiger partial charge on any atom is 0.341 e. The van der Waals surface area contributed by atoms with Crippen LogP contribution in [-0.2, 0) is 32.3 Å². The van der Waals surface area contributed by atoms with Crippen LogP contribution in [0.25, 0.3) is 0 Å². The third-order valence-corrected chi connectivity index (χ3v) is 7.85. The number of likely N-dealkylation sites (N-methyl/N-ethyl adjacent to an activating group) is 1. The maximum atomic E-state index is 12.5. The van der Waals surface area contributed by atoms with Crippen LogP contribution in [0.2, 0.25) is 0 Å². The predicted octanol–water partition coefficient (Wildman–Crippen LogP) is 3.11. The highest BCUT2D eigenvalue weighted by atomic mass is 32.2. The molecule has 0 fully saturated rings. The minimum Gasteiger partial charge on any atom is -0.462 e. The van der Waals surface area contributed by atoms with Crippen molar-refractivity contribution in [1.29, 1.82) is 0 Å². The van der Waals surface area contributed by atoms with Gasteiger partial charge in [0.05, 0.1) is 22.8 Å². The van der Waals surface area contributed by atoms with E-state index in [9.17, 15) is 18.0 Å². The Morgan fingerprint density at radius 1 is 1.23 bits per heavy atom. The zero-order valence-electron chi connectivity index (χ0n) is 17.1. The number of esters is 1. The standard InChI is InChI=1S/C21H26N2O5S2/c1-3-28-21(25)19-16-11-12-23(2)14-17(16)29-20(19)22-18(24)10-7-13-30(26,27)15-8-5-4-6-9-15/h4-6,8-9H,3,7,10-14H2,1-2H3,(H,22,24). The zero-order valence-corrected chi connectivity index (χ0v) is 18.8. The lowest BCUT2D eigenvalue weighted by Gasteiger charge is -2.22. The fourth-order valence-corrected chi connectivity index (χ4v) is 6.06. The number of rotatable bonds is 8. The van der Waals surface area contributed by atoms with Crippen molar-refractivity contribution in [2.24, 2.45) is 0 Å². The van der Waals surface area contributed by atoms with E-state index < -0.39 is 15.8 Å². The molecule has 0 saturated carbocycles. The van der Waals surface area contributed by atoms with Crippen molar-refractivity contribution in [3.8, 4) is 0 Å². The van der Waals surface area contributed by atoms with Crippen molar-refractivity contribution < 1.29 is 22.7 Å². The van der Waals surface area contributed by atoms with Crippen LogP contribution >= 0.6 is 11.3 Å². The van der Waals surface area contributed by atoms with Gasteiger partial charge in [-0.25, -0.2) is 13.2 Å². The van der Waals surface area contributed by atoms with E-state index in [1.54, 1.807) is 37.3 Å². The van der Waals surface area contributed by atoms with Crippen LogP contribution in [-0.4, -0.2) is 51.1 Å². The summed E-state index contributed by atoms with van der Waals surface area (Å²) in [4.78, 5) is 28.5. The number of amides is 1. The topological polar surface area (TPSA) is 92.8 Å². The van der Waals surface area contributed by atoms with E-state index in [0.717, 1.165) is 30.0 Å². The van der Waals surface area contributed by atoms with E-state index in [4.69, 9.17) is 4.74 Å². The SMILES string of the molecule is CCOC(=O)c1c(NC(=O)CCCS(=O)(=O)c2ccccc2)sc2c1CCN(C)C2. The van der Waals surface area contributed by atoms with Crippen molar-refractivity contribution in [2.45, 2.75) is 37.6 Å². The Hall–Kier alpha value is -2.23. The van der Waals surface area contributed by atoms with Gasteiger partial charge in [0.25, 0.3) is 0 Å². The third-order valence-electron chi connectivity index (χ3n) is 4.90. The monoisotopic (exact) mass is 450 g/mol. The van der Waals surface area contributed by atoms with Crippen LogP contribution in [0.3, 0.4) is 0 Å². The van der Waals surface area contributed by atoms with Crippen molar-refractivity contribution in [2.75, 3.05) is 31.3 Å². The first-order chi connectivity index (χ1) is 14.3. The second-order valence-corrected chi connectivity index (χ2v) is 10.4. The summed E-state index contributed by atoms with van der Waals surface area (Å²) in [5.74, 6) is -0.849. The number of hydrogen-bond acceptors (Lipinski definition) is 7. The molecule has 2 heterocycles. The van der Waals surface area contributed by atoms with Gasteiger partial charge in [0.2, 0.25) is 5.91 Å². The smallest absolute Gasteiger partial charge is 0.341 e. The van der Waals surface area contributed by atoms with Gasteiger partial charge in [0.1, 0.15) is 5.00 Å². The molecule has 0 aliphatic carbocycles. The van der Waals surface area contributed by atoms with Crippen LogP contribution in [0.1, 0.15) is 40.6 Å². The first kappa shape index (κ1) is 22.5. The fourth-order valence-electron chi connectivity index (χ4n) is 3.40. The summed E-state index contributed by atoms with van der Waals surface area (Å²) < 4.78 is 29.9. The minimum atomic E-state index is -3.42. The molecule has 0 saturated heterocycles. The van der Waals surface area contributed by atoms with E-state index in [-0.39, 0.29) is 36.0 Å². The van der Waals surface area contributed by atoms with Crippen molar-refractivity contribution in [3.63, 3.8) is 0 Å². The Labute approximate surface area is 181 Å². The summed E-state index contributed by atoms with van der Waals surface area (Å²) in [6.07, 6.45) is 0.976. The van der Waals surface area contributed by atoms with Crippen LogP contribution in [0.5, 0.6) is 0 Å². The highest BCUT2D eigenvalue weighted by Crippen LogP contribution is 2.37. The minimum absolute atomic E-state index is 0.0524. The third kappa shape index (κ3) is 5.27. The Balaban J connectivity index is 1.67. The quantitative estimate of drug-likeness (QED) is 0.621. The molecule has 0 atom stereocenters. The lowest BCUT2D eigenvalue weighted by Crippen LogP contribution is -2.26. The van der Waals surface area contributed by atoms with Crippen molar-refractivity contribution >= 4 is 38.1 Å². The number of nitrogens with one attached hydrogen (secondary N) is 1. The van der Waals surface area contributed by atoms with E-state index >= 15 is 0 Å². The number of sulfone groups is 1. The normalized spacial score (nSPS) is 14.2. The number of fused-ring (bicyclic) bond motifs is 1. The lowest BCUT2D eigenvalue weighted by atomic mass is 10.0. The number of carbonyl (C=O) groups excluding carboxylic acids is 2. The second-order valence-electron chi connectivity index (χ2n) is 7.20. The molecule has 1 amide bonds. The molecule has 0 unspecified atom stereocenters. The van der Waals surface area contributed by atoms with E-state index in [2.05, 4.69) is 10.2 Å². The van der Waals surface area contributed by atoms with Crippen LogP contribution in [0.15, 0.2) is 35.2 Å². The van der Waals surface area contributed by atoms with Gasteiger partial charge >= 0.3 is 5.97 Å². The Bertz CT molecular complexity index is 1020. The molecule has 1 aromatic carbocycles. The molecule has 1 aromatic heterocycles. The zero-order chi connectivity index (χ0) is 21.7. The molecule has 7 nitrogen and oxygen atoms in total. The molecule has 1 N–H and O–H groups in total. The Morgan fingerprint density at radius 3 is 2.67 bits per heavy atom. The van der Waals surface area contributed by atoms with Gasteiger partial charge in [-0.15, -0.1) is 11.3 Å². The molecule has 0 spiro atoms. The molecule has 2 aromatic rings. The molecule has 9 heteroatoms. The Kier molecular flexibility index (Phi) is 7.27. The number of carbonyl (C=O) groups is 2. The fraction of sp³-hybridized carbons (Fsp3) is 0.429. The predicted molar refractivity (Wildman–Crippen MR) is 117 cm³/mol. The van der Waals surface area contributed by atoms with Gasteiger partial charge in [-0.3, -0.25) is 4.79 Å². The molecule has 3 rings (SSSR count). The van der Waals surface area contributed by atoms with E-state index in [1.807, 2.05) is 7.05 Å². The molecular formula is C21H26N2O5S2. The molecule has 0 bridgehead atoms. The molecular weight excluding hydrogens is 424 g/mol. The summed E-state index contributed by atoms with van der Waals surface area (Å²) in [6, 6.07) is 8.20. The highest BCUT2D eigenvalue weighted by molar-refractivity contribution is 7.91. The molecule has 1 aliphatic heterocycles. The summed E-state index contributed by atoms with van der Waals surface area (Å²) in [7, 11) is -1.41. The number of thiophene rings is 1. The number of nitrogens with zero attached hydrogens (tertiary/aromatic N) is 1. The van der Waals surface area contributed by atoms with Gasteiger partial charge in [0, 0.05) is 24.4 Å². The van der Waals surface area contributed by atoms with Gasteiger partial charge in [0.15, 0.2) is 9.84 Å². The Morgan fingerprint density at radius 2 is 1.97 bits per heavy atom. The van der Waals surface area contributed by atoms with E-state index in [0.29, 0.717) is 10.6 Å². The van der Waals surface area contributed by atoms with Crippen LogP contribution < -0.4 is 5.32 Å². The average Bonchev–Trinajstić information content (AvgIpc) is 3.05. The summed E-state index contributed by atoms with van der Waals surface area (Å²) in [5, 5.41) is 3.30. The number of hydrogen-bond donors (Lipinski definition) is 1. The number of anilines is 1. The second kappa shape index (κ2) is 9.72. The lowest BCUT2D eigenvalue weighted by molar-refractivity contribution is -0.116. The van der Waals surface area contributed by atoms with Gasteiger partial charge in [-0.2, -0.15) is 0 Å². The maximum absolute atomic E-state index is 12.5. The summed E-state index contributed by atoms with van der Waals surface area (Å²) in [6.45, 7) is 3.56. The summed E-state index contributed by atoms with van der Waals surface area (Å²) >= 11 is 1.39. The van der Waals surface area contributed by atoms with Crippen molar-refractivity contribution in [1.82, 2.24) is 4.90 Å². The van der Waals surface area contributed by atoms with E-state index in [1.165, 1.54) is 11.3 Å². The number of benzene rings is 1. The highest BCUT2D eigenvalue weighted by Gasteiger charge is 2.28. The molecule has 30 heavy (non-hydrogen) atoms. The van der Waals surface area contributed by atoms with Crippen LogP contribution in [0, 0.1) is 0 Å². The summed E-state index contributed by atoms with van der Waals surface area (Å²) in [5.41, 5.74) is 1.38. The molecule has 162 valence electrons. The van der Waals surface area contributed by atoms with Gasteiger partial charge < -0.3 is 15.0 Å². The first-order valence-electron chi connectivity index (χ1n) is 9.89. The van der Waals surface area contributed by atoms with Gasteiger partial charge in [-0.05, 0) is 44.5 Å². The van der Waals surface area contributed by atoms with Crippen LogP contribution in [0.4, 0.5) is 5.00 Å². The largest absolute Gasteiger partial charge is 0.462 e. The van der Waals surface area contributed by atoms with Crippen molar-refractivity contribution in [3.05, 3.63) is 46.3 Å². The van der Waals surface area contributed by atoms with Gasteiger partial charge in [-0.1, -0.05) is 18.2 Å². The molecule has 0 radical (unpaired) electrons. The average molecular weight is 451 g/mol. The molecule has 1 aliphatic rings. The number of ether oxygens (including phenoxy) is 1.